The number of nitrogens with two attached hydrogens (primary N) is 1. The molecule has 0 aliphatic carbocycles. The van der Waals surface area contributed by atoms with Gasteiger partial charge in [0.2, 0.25) is 11.8 Å². The number of carbonyl (C=O) groups excluding carboxylic acids is 3. The molecular weight excluding hydrogens is 396 g/mol. The van der Waals surface area contributed by atoms with Gasteiger partial charge in [-0.15, -0.1) is 0 Å². The second-order valence-electron chi connectivity index (χ2n) is 8.23. The van der Waals surface area contributed by atoms with Crippen molar-refractivity contribution < 1.29 is 19.1 Å². The molecule has 0 saturated carbocycles. The first kappa shape index (κ1) is 22.3. The zero-order valence-corrected chi connectivity index (χ0v) is 18.1. The largest absolute Gasteiger partial charge is 0.466 e. The van der Waals surface area contributed by atoms with Gasteiger partial charge in [-0.05, 0) is 36.2 Å². The zero-order chi connectivity index (χ0) is 22.6. The van der Waals surface area contributed by atoms with E-state index in [-0.39, 0.29) is 30.8 Å². The molecule has 8 nitrogen and oxygen atoms in total. The van der Waals surface area contributed by atoms with Crippen molar-refractivity contribution in [2.75, 3.05) is 23.8 Å². The van der Waals surface area contributed by atoms with Crippen LogP contribution >= 0.6 is 0 Å². The van der Waals surface area contributed by atoms with Crippen molar-refractivity contribution in [1.29, 1.82) is 0 Å². The quantitative estimate of drug-likeness (QED) is 0.401. The van der Waals surface area contributed by atoms with E-state index >= 15 is 0 Å². The number of carbonyl (C=O) groups is 3. The summed E-state index contributed by atoms with van der Waals surface area (Å²) in [4.78, 5) is 43.4. The number of hydrogen-bond donors (Lipinski definition) is 2. The van der Waals surface area contributed by atoms with Gasteiger partial charge in [0.15, 0.2) is 0 Å². The van der Waals surface area contributed by atoms with Crippen LogP contribution in [0.5, 0.6) is 0 Å². The second kappa shape index (κ2) is 9.16. The maximum absolute atomic E-state index is 13.0. The Kier molecular flexibility index (Phi) is 6.58. The Labute approximate surface area is 181 Å². The Bertz CT molecular complexity index is 975. The van der Waals surface area contributed by atoms with Crippen LogP contribution in [0.25, 0.3) is 0 Å². The normalized spacial score (nSPS) is 15.1. The summed E-state index contributed by atoms with van der Waals surface area (Å²) in [6.07, 6.45) is 2.79. The van der Waals surface area contributed by atoms with Crippen LogP contribution in [0.4, 0.5) is 11.4 Å². The molecule has 1 unspecified atom stereocenters. The molecule has 1 atom stereocenters. The third kappa shape index (κ3) is 5.20. The van der Waals surface area contributed by atoms with Crippen molar-refractivity contribution in [3.63, 3.8) is 0 Å². The minimum Gasteiger partial charge on any atom is -0.466 e. The molecule has 1 aromatic carbocycles. The third-order valence-electron chi connectivity index (χ3n) is 5.31. The Hall–Kier alpha value is -3.42. The number of nitrogens with zero attached hydrogens (tertiary/aromatic N) is 2. The first-order valence-electron chi connectivity index (χ1n) is 10.3. The lowest BCUT2D eigenvalue weighted by Crippen LogP contribution is -2.38. The van der Waals surface area contributed by atoms with Crippen molar-refractivity contribution in [3.8, 4) is 0 Å². The molecule has 0 saturated heterocycles. The SMILES string of the molecule is CCOC(=O)CC(NC(=O)CC(=O)N1CC(C)(C)c2ccc(N)cc21)c1cccnc1. The van der Waals surface area contributed by atoms with E-state index in [1.807, 2.05) is 26.0 Å². The van der Waals surface area contributed by atoms with Gasteiger partial charge in [-0.1, -0.05) is 26.0 Å². The van der Waals surface area contributed by atoms with E-state index in [0.29, 0.717) is 17.8 Å². The predicted octanol–water partition coefficient (Wildman–Crippen LogP) is 2.49. The fraction of sp³-hybridized carbons (Fsp3) is 0.391. The molecule has 2 amide bonds. The highest BCUT2D eigenvalue weighted by atomic mass is 16.5. The van der Waals surface area contributed by atoms with Crippen molar-refractivity contribution >= 4 is 29.2 Å². The van der Waals surface area contributed by atoms with E-state index in [9.17, 15) is 14.4 Å². The maximum Gasteiger partial charge on any atom is 0.308 e. The molecule has 3 N–H and O–H groups in total. The molecule has 1 aliphatic rings. The van der Waals surface area contributed by atoms with E-state index < -0.39 is 17.9 Å². The molecule has 1 aliphatic heterocycles. The van der Waals surface area contributed by atoms with E-state index in [1.54, 1.807) is 42.4 Å². The number of benzene rings is 1. The standard InChI is InChI=1S/C23H28N4O4/c1-4-31-22(30)11-18(15-6-5-9-25-13-15)26-20(28)12-21(29)27-14-23(2,3)17-8-7-16(24)10-19(17)27/h5-10,13,18H,4,11-12,14,24H2,1-3H3,(H,26,28). The highest BCUT2D eigenvalue weighted by molar-refractivity contribution is 6.06. The lowest BCUT2D eigenvalue weighted by Gasteiger charge is -2.22. The van der Waals surface area contributed by atoms with Crippen LogP contribution in [-0.2, 0) is 24.5 Å². The second-order valence-corrected chi connectivity index (χ2v) is 8.23. The summed E-state index contributed by atoms with van der Waals surface area (Å²) in [7, 11) is 0. The lowest BCUT2D eigenvalue weighted by atomic mass is 9.87. The molecular formula is C23H28N4O4. The van der Waals surface area contributed by atoms with Crippen LogP contribution in [0, 0.1) is 0 Å². The number of ether oxygens (including phenoxy) is 1. The molecule has 3 rings (SSSR count). The van der Waals surface area contributed by atoms with Gasteiger partial charge in [-0.3, -0.25) is 19.4 Å². The monoisotopic (exact) mass is 424 g/mol. The number of hydrogen-bond acceptors (Lipinski definition) is 6. The van der Waals surface area contributed by atoms with Gasteiger partial charge in [0.05, 0.1) is 19.1 Å². The van der Waals surface area contributed by atoms with Gasteiger partial charge in [0, 0.05) is 35.7 Å². The van der Waals surface area contributed by atoms with Gasteiger partial charge in [-0.2, -0.15) is 0 Å². The number of amides is 2. The van der Waals surface area contributed by atoms with Crippen molar-refractivity contribution in [2.45, 2.75) is 45.1 Å². The van der Waals surface area contributed by atoms with Crippen LogP contribution in [0.3, 0.4) is 0 Å². The van der Waals surface area contributed by atoms with E-state index in [0.717, 1.165) is 11.3 Å². The summed E-state index contributed by atoms with van der Waals surface area (Å²) in [6, 6.07) is 8.36. The van der Waals surface area contributed by atoms with Crippen LogP contribution < -0.4 is 16.0 Å². The van der Waals surface area contributed by atoms with Crippen LogP contribution in [-0.4, -0.2) is 35.9 Å². The van der Waals surface area contributed by atoms with E-state index in [4.69, 9.17) is 10.5 Å². The van der Waals surface area contributed by atoms with E-state index in [2.05, 4.69) is 10.3 Å². The number of anilines is 2. The molecule has 2 aromatic rings. The Morgan fingerprint density at radius 2 is 2.06 bits per heavy atom. The third-order valence-corrected chi connectivity index (χ3v) is 5.31. The zero-order valence-electron chi connectivity index (χ0n) is 18.1. The molecule has 8 heteroatoms. The number of pyridine rings is 1. The number of nitrogen functional groups attached to an aromatic ring is 1. The Morgan fingerprint density at radius 3 is 2.74 bits per heavy atom. The van der Waals surface area contributed by atoms with Crippen molar-refractivity contribution in [1.82, 2.24) is 10.3 Å². The van der Waals surface area contributed by atoms with Crippen molar-refractivity contribution in [3.05, 3.63) is 53.9 Å². The first-order valence-corrected chi connectivity index (χ1v) is 10.3. The smallest absolute Gasteiger partial charge is 0.308 e. The van der Waals surface area contributed by atoms with Gasteiger partial charge < -0.3 is 20.7 Å². The van der Waals surface area contributed by atoms with Gasteiger partial charge in [0.1, 0.15) is 6.42 Å². The summed E-state index contributed by atoms with van der Waals surface area (Å²) < 4.78 is 5.01. The van der Waals surface area contributed by atoms with Gasteiger partial charge in [-0.25, -0.2) is 0 Å². The number of esters is 1. The van der Waals surface area contributed by atoms with Gasteiger partial charge >= 0.3 is 5.97 Å². The average Bonchev–Trinajstić information content (AvgIpc) is 2.98. The minimum absolute atomic E-state index is 0.0461. The molecule has 31 heavy (non-hydrogen) atoms. The first-order chi connectivity index (χ1) is 14.7. The van der Waals surface area contributed by atoms with E-state index in [1.165, 1.54) is 0 Å². The average molecular weight is 425 g/mol. The molecule has 0 bridgehead atoms. The lowest BCUT2D eigenvalue weighted by molar-refractivity contribution is -0.143. The predicted molar refractivity (Wildman–Crippen MR) is 117 cm³/mol. The Balaban J connectivity index is 1.72. The van der Waals surface area contributed by atoms with Crippen molar-refractivity contribution in [2.24, 2.45) is 0 Å². The minimum atomic E-state index is -0.633. The maximum atomic E-state index is 13.0. The number of rotatable bonds is 7. The summed E-state index contributed by atoms with van der Waals surface area (Å²) in [5.74, 6) is -1.23. The highest BCUT2D eigenvalue weighted by Crippen LogP contribution is 2.41. The van der Waals surface area contributed by atoms with Crippen LogP contribution in [0.15, 0.2) is 42.7 Å². The molecule has 2 heterocycles. The Morgan fingerprint density at radius 1 is 1.29 bits per heavy atom. The number of fused-ring (bicyclic) bond motifs is 1. The number of nitrogens with one attached hydrogen (secondary N) is 1. The van der Waals surface area contributed by atoms with Gasteiger partial charge in [0.25, 0.3) is 0 Å². The highest BCUT2D eigenvalue weighted by Gasteiger charge is 2.38. The molecule has 1 aromatic heterocycles. The number of aromatic nitrogens is 1. The summed E-state index contributed by atoms with van der Waals surface area (Å²) in [5.41, 5.74) is 8.66. The summed E-state index contributed by atoms with van der Waals surface area (Å²) in [5, 5.41) is 2.78. The topological polar surface area (TPSA) is 115 Å². The molecule has 0 fully saturated rings. The summed E-state index contributed by atoms with van der Waals surface area (Å²) in [6.45, 7) is 6.53. The summed E-state index contributed by atoms with van der Waals surface area (Å²) >= 11 is 0. The fourth-order valence-corrected chi connectivity index (χ4v) is 3.83. The molecule has 0 radical (unpaired) electrons. The van der Waals surface area contributed by atoms with Crippen LogP contribution in [0.1, 0.15) is 50.8 Å². The molecule has 0 spiro atoms. The van der Waals surface area contributed by atoms with Crippen LogP contribution in [0.2, 0.25) is 0 Å². The fourth-order valence-electron chi connectivity index (χ4n) is 3.83. The molecule has 164 valence electrons.